The van der Waals surface area contributed by atoms with Crippen LogP contribution < -0.4 is 10.1 Å². The van der Waals surface area contributed by atoms with Crippen molar-refractivity contribution >= 4 is 5.69 Å². The topological polar surface area (TPSA) is 39.1 Å². The van der Waals surface area contributed by atoms with Crippen molar-refractivity contribution in [2.24, 2.45) is 0 Å². The normalized spacial score (nSPS) is 14.3. The van der Waals surface area contributed by atoms with Gasteiger partial charge in [-0.15, -0.1) is 0 Å². The lowest BCUT2D eigenvalue weighted by molar-refractivity contribution is 0.341. The Morgan fingerprint density at radius 2 is 2.25 bits per heavy atom. The fourth-order valence-electron chi connectivity index (χ4n) is 2.39. The summed E-state index contributed by atoms with van der Waals surface area (Å²) in [6.45, 7) is 5.54. The van der Waals surface area contributed by atoms with E-state index in [1.165, 1.54) is 24.1 Å². The summed E-state index contributed by atoms with van der Waals surface area (Å²) in [5.41, 5.74) is 3.48. The van der Waals surface area contributed by atoms with Crippen LogP contribution in [0.5, 0.6) is 5.75 Å². The largest absolute Gasteiger partial charge is 0.492 e. The zero-order valence-electron chi connectivity index (χ0n) is 12.1. The molecule has 20 heavy (non-hydrogen) atoms. The second-order valence-electron chi connectivity index (χ2n) is 5.31. The van der Waals surface area contributed by atoms with Crippen LogP contribution >= 0.6 is 0 Å². The van der Waals surface area contributed by atoms with Crippen molar-refractivity contribution in [1.82, 2.24) is 9.55 Å². The number of hydrogen-bond acceptors (Lipinski definition) is 3. The van der Waals surface area contributed by atoms with Crippen molar-refractivity contribution in [1.29, 1.82) is 0 Å². The van der Waals surface area contributed by atoms with Crippen LogP contribution in [0.1, 0.15) is 37.1 Å². The Bertz CT molecular complexity index is 587. The number of aryl methyl sites for hydroxylation is 1. The van der Waals surface area contributed by atoms with Crippen LogP contribution in [0.15, 0.2) is 30.7 Å². The van der Waals surface area contributed by atoms with Crippen LogP contribution in [-0.2, 0) is 6.54 Å². The standard InChI is InChI=1S/C16H21N3O/c1-3-20-16-8-12(2)4-7-15(16)18-10-14-9-17-11-19(14)13-5-6-13/h4,7-9,11,13,18H,3,5-6,10H2,1-2H3. The van der Waals surface area contributed by atoms with E-state index >= 15 is 0 Å². The first-order valence-electron chi connectivity index (χ1n) is 7.26. The maximum Gasteiger partial charge on any atom is 0.142 e. The van der Waals surface area contributed by atoms with Crippen molar-refractivity contribution in [2.45, 2.75) is 39.3 Å². The third-order valence-corrected chi connectivity index (χ3v) is 3.58. The SMILES string of the molecule is CCOc1cc(C)ccc1NCc1cncn1C1CC1. The number of benzene rings is 1. The number of aromatic nitrogens is 2. The Labute approximate surface area is 119 Å². The molecular weight excluding hydrogens is 250 g/mol. The molecule has 0 spiro atoms. The quantitative estimate of drug-likeness (QED) is 0.873. The molecule has 0 radical (unpaired) electrons. The van der Waals surface area contributed by atoms with E-state index in [2.05, 4.69) is 40.0 Å². The highest BCUT2D eigenvalue weighted by Gasteiger charge is 2.25. The lowest BCUT2D eigenvalue weighted by Crippen LogP contribution is -2.07. The first-order valence-corrected chi connectivity index (χ1v) is 7.26. The summed E-state index contributed by atoms with van der Waals surface area (Å²) in [6.07, 6.45) is 6.43. The molecule has 0 amide bonds. The van der Waals surface area contributed by atoms with Gasteiger partial charge in [-0.2, -0.15) is 0 Å². The Hall–Kier alpha value is -1.97. The van der Waals surface area contributed by atoms with Crippen LogP contribution in [0.25, 0.3) is 0 Å². The van der Waals surface area contributed by atoms with Crippen LogP contribution in [0.2, 0.25) is 0 Å². The molecule has 4 nitrogen and oxygen atoms in total. The van der Waals surface area contributed by atoms with Gasteiger partial charge in [0, 0.05) is 12.2 Å². The lowest BCUT2D eigenvalue weighted by atomic mass is 10.2. The Kier molecular flexibility index (Phi) is 3.63. The van der Waals surface area contributed by atoms with Crippen molar-refractivity contribution < 1.29 is 4.74 Å². The number of anilines is 1. The molecule has 0 unspecified atom stereocenters. The molecule has 1 aromatic heterocycles. The minimum atomic E-state index is 0.665. The highest BCUT2D eigenvalue weighted by Crippen LogP contribution is 2.36. The number of hydrogen-bond donors (Lipinski definition) is 1. The van der Waals surface area contributed by atoms with E-state index in [9.17, 15) is 0 Å². The van der Waals surface area contributed by atoms with Crippen molar-refractivity contribution in [3.63, 3.8) is 0 Å². The molecule has 0 saturated heterocycles. The van der Waals surface area contributed by atoms with Gasteiger partial charge in [0.1, 0.15) is 5.75 Å². The summed E-state index contributed by atoms with van der Waals surface area (Å²) in [4.78, 5) is 4.26. The predicted octanol–water partition coefficient (Wildman–Crippen LogP) is 3.54. The molecule has 1 heterocycles. The molecule has 4 heteroatoms. The molecule has 1 N–H and O–H groups in total. The van der Waals surface area contributed by atoms with Gasteiger partial charge in [0.15, 0.2) is 0 Å². The maximum absolute atomic E-state index is 5.69. The van der Waals surface area contributed by atoms with Gasteiger partial charge in [-0.1, -0.05) is 6.07 Å². The fraction of sp³-hybridized carbons (Fsp3) is 0.438. The van der Waals surface area contributed by atoms with Crippen LogP contribution in [0.4, 0.5) is 5.69 Å². The second kappa shape index (κ2) is 5.57. The minimum Gasteiger partial charge on any atom is -0.492 e. The molecule has 0 atom stereocenters. The summed E-state index contributed by atoms with van der Waals surface area (Å²) >= 11 is 0. The number of imidazole rings is 1. The molecule has 1 aromatic carbocycles. The highest BCUT2D eigenvalue weighted by molar-refractivity contribution is 5.57. The molecule has 2 aromatic rings. The van der Waals surface area contributed by atoms with Gasteiger partial charge in [0.05, 0.1) is 30.9 Å². The third-order valence-electron chi connectivity index (χ3n) is 3.58. The van der Waals surface area contributed by atoms with Gasteiger partial charge in [0.25, 0.3) is 0 Å². The average molecular weight is 271 g/mol. The zero-order valence-corrected chi connectivity index (χ0v) is 12.1. The third kappa shape index (κ3) is 2.79. The summed E-state index contributed by atoms with van der Waals surface area (Å²) in [6, 6.07) is 6.92. The van der Waals surface area contributed by atoms with Crippen molar-refractivity contribution in [3.8, 4) is 5.75 Å². The van der Waals surface area contributed by atoms with Gasteiger partial charge in [-0.25, -0.2) is 4.98 Å². The Balaban J connectivity index is 1.72. The predicted molar refractivity (Wildman–Crippen MR) is 80.2 cm³/mol. The summed E-state index contributed by atoms with van der Waals surface area (Å²) in [5, 5.41) is 3.46. The minimum absolute atomic E-state index is 0.665. The molecule has 1 fully saturated rings. The van der Waals surface area contributed by atoms with Gasteiger partial charge >= 0.3 is 0 Å². The Morgan fingerprint density at radius 1 is 1.40 bits per heavy atom. The second-order valence-corrected chi connectivity index (χ2v) is 5.31. The average Bonchev–Trinajstić information content (AvgIpc) is 3.17. The van der Waals surface area contributed by atoms with Gasteiger partial charge in [0.2, 0.25) is 0 Å². The maximum atomic E-state index is 5.69. The molecule has 106 valence electrons. The first kappa shape index (κ1) is 13.0. The van der Waals surface area contributed by atoms with E-state index in [-0.39, 0.29) is 0 Å². The summed E-state index contributed by atoms with van der Waals surface area (Å²) < 4.78 is 7.97. The van der Waals surface area contributed by atoms with Crippen LogP contribution in [0.3, 0.4) is 0 Å². The van der Waals surface area contributed by atoms with Crippen molar-refractivity contribution in [3.05, 3.63) is 42.0 Å². The Morgan fingerprint density at radius 3 is 3.00 bits per heavy atom. The number of nitrogens with one attached hydrogen (secondary N) is 1. The van der Waals surface area contributed by atoms with E-state index in [4.69, 9.17) is 4.74 Å². The summed E-state index contributed by atoms with van der Waals surface area (Å²) in [7, 11) is 0. The van der Waals surface area contributed by atoms with E-state index < -0.39 is 0 Å². The van der Waals surface area contributed by atoms with Gasteiger partial charge in [-0.05, 0) is 44.4 Å². The van der Waals surface area contributed by atoms with E-state index in [0.29, 0.717) is 12.6 Å². The van der Waals surface area contributed by atoms with Gasteiger partial charge in [-0.3, -0.25) is 0 Å². The molecule has 0 bridgehead atoms. The fourth-order valence-corrected chi connectivity index (χ4v) is 2.39. The molecule has 3 rings (SSSR count). The molecule has 1 aliphatic carbocycles. The van der Waals surface area contributed by atoms with Crippen LogP contribution in [0, 0.1) is 6.92 Å². The van der Waals surface area contributed by atoms with Gasteiger partial charge < -0.3 is 14.6 Å². The number of nitrogens with zero attached hydrogens (tertiary/aromatic N) is 2. The molecular formula is C16H21N3O. The molecule has 0 aliphatic heterocycles. The first-order chi connectivity index (χ1) is 9.78. The van der Waals surface area contributed by atoms with E-state index in [1.807, 2.05) is 19.4 Å². The van der Waals surface area contributed by atoms with Crippen LogP contribution in [-0.4, -0.2) is 16.2 Å². The molecule has 1 aliphatic rings. The zero-order chi connectivity index (χ0) is 13.9. The lowest BCUT2D eigenvalue weighted by Gasteiger charge is -2.14. The smallest absolute Gasteiger partial charge is 0.142 e. The highest BCUT2D eigenvalue weighted by atomic mass is 16.5. The monoisotopic (exact) mass is 271 g/mol. The summed E-state index contributed by atoms with van der Waals surface area (Å²) in [5.74, 6) is 0.921. The number of ether oxygens (including phenoxy) is 1. The molecule has 1 saturated carbocycles. The van der Waals surface area contributed by atoms with E-state index in [1.54, 1.807) is 0 Å². The van der Waals surface area contributed by atoms with E-state index in [0.717, 1.165) is 18.0 Å². The number of rotatable bonds is 6. The van der Waals surface area contributed by atoms with Crippen molar-refractivity contribution in [2.75, 3.05) is 11.9 Å².